The second kappa shape index (κ2) is 11.2. The molecule has 0 atom stereocenters. The monoisotopic (exact) mass is 487 g/mol. The fraction of sp³-hybridized carbons (Fsp3) is 1.00. The third-order valence-corrected chi connectivity index (χ3v) is 7.66. The van der Waals surface area contributed by atoms with E-state index in [0.717, 1.165) is 0 Å². The molecule has 0 aromatic carbocycles. The molecular formula is C21H45NO7S2. The molecule has 8 nitrogen and oxygen atoms in total. The number of sulfonamides is 1. The minimum absolute atomic E-state index is 0.0315. The molecule has 0 spiro atoms. The lowest BCUT2D eigenvalue weighted by molar-refractivity contribution is -0.0487. The lowest BCUT2D eigenvalue weighted by atomic mass is 9.94. The summed E-state index contributed by atoms with van der Waals surface area (Å²) in [5, 5.41) is 0. The van der Waals surface area contributed by atoms with E-state index < -0.39 is 36.3 Å². The molecule has 0 aromatic rings. The Hall–Kier alpha value is -0.260. The molecule has 0 fully saturated rings. The van der Waals surface area contributed by atoms with Gasteiger partial charge >= 0.3 is 0 Å². The van der Waals surface area contributed by atoms with E-state index in [9.17, 15) is 16.8 Å². The van der Waals surface area contributed by atoms with Gasteiger partial charge in [0.1, 0.15) is 9.84 Å². The largest absolute Gasteiger partial charge is 0.380 e. The van der Waals surface area contributed by atoms with E-state index in [4.69, 9.17) is 14.2 Å². The van der Waals surface area contributed by atoms with Gasteiger partial charge in [-0.1, -0.05) is 27.7 Å². The molecule has 0 unspecified atom stereocenters. The highest BCUT2D eigenvalue weighted by atomic mass is 32.2. The molecule has 0 saturated carbocycles. The van der Waals surface area contributed by atoms with Crippen molar-refractivity contribution >= 4 is 19.9 Å². The number of methoxy groups -OCH3 is 1. The van der Waals surface area contributed by atoms with Crippen LogP contribution in [-0.2, 0) is 34.1 Å². The van der Waals surface area contributed by atoms with E-state index in [1.165, 1.54) is 6.26 Å². The molecule has 0 bridgehead atoms. The highest BCUT2D eigenvalue weighted by Gasteiger charge is 2.30. The van der Waals surface area contributed by atoms with E-state index in [0.29, 0.717) is 19.6 Å². The molecule has 10 heteroatoms. The SMILES string of the molecule is COC(C)(C)CCOC(C)(C)CS(=O)(=O)NCC(C)(C)COCC(C)(C)CS(C)(=O)=O. The molecule has 0 saturated heterocycles. The molecule has 0 aliphatic rings. The topological polar surface area (TPSA) is 108 Å². The van der Waals surface area contributed by atoms with Crippen LogP contribution in [0.15, 0.2) is 0 Å². The first-order valence-electron chi connectivity index (χ1n) is 10.5. The maximum atomic E-state index is 12.6. The van der Waals surface area contributed by atoms with Crippen LogP contribution in [0.4, 0.5) is 0 Å². The Bertz CT molecular complexity index is 755. The second-order valence-electron chi connectivity index (χ2n) is 11.3. The normalized spacial score (nSPS) is 14.8. The van der Waals surface area contributed by atoms with Gasteiger partial charge in [-0.05, 0) is 34.1 Å². The zero-order chi connectivity index (χ0) is 24.8. The Morgan fingerprint density at radius 3 is 1.77 bits per heavy atom. The number of rotatable bonds is 16. The van der Waals surface area contributed by atoms with Crippen LogP contribution in [-0.4, -0.2) is 79.3 Å². The van der Waals surface area contributed by atoms with Crippen molar-refractivity contribution < 1.29 is 31.0 Å². The van der Waals surface area contributed by atoms with E-state index in [1.807, 2.05) is 41.5 Å². The van der Waals surface area contributed by atoms with E-state index >= 15 is 0 Å². The van der Waals surface area contributed by atoms with Crippen LogP contribution < -0.4 is 4.72 Å². The van der Waals surface area contributed by atoms with Gasteiger partial charge in [0.2, 0.25) is 10.0 Å². The number of ether oxygens (including phenoxy) is 3. The zero-order valence-electron chi connectivity index (χ0n) is 21.1. The van der Waals surface area contributed by atoms with Crippen LogP contribution in [0.25, 0.3) is 0 Å². The first-order chi connectivity index (χ1) is 13.6. The Balaban J connectivity index is 4.60. The Labute approximate surface area is 190 Å². The highest BCUT2D eigenvalue weighted by molar-refractivity contribution is 7.90. The minimum Gasteiger partial charge on any atom is -0.380 e. The summed E-state index contributed by atoms with van der Waals surface area (Å²) in [5.74, 6) is -0.130. The summed E-state index contributed by atoms with van der Waals surface area (Å²) in [7, 11) is -5.03. The van der Waals surface area contributed by atoms with Gasteiger partial charge in [0, 0.05) is 30.7 Å². The predicted octanol–water partition coefficient (Wildman–Crippen LogP) is 2.63. The Morgan fingerprint density at radius 2 is 1.29 bits per heavy atom. The zero-order valence-corrected chi connectivity index (χ0v) is 22.8. The van der Waals surface area contributed by atoms with Gasteiger partial charge in [0.05, 0.1) is 42.5 Å². The summed E-state index contributed by atoms with van der Waals surface area (Å²) >= 11 is 0. The number of hydrogen-bond donors (Lipinski definition) is 1. The number of nitrogens with one attached hydrogen (secondary N) is 1. The van der Waals surface area contributed by atoms with Crippen LogP contribution in [0, 0.1) is 10.8 Å². The number of hydrogen-bond acceptors (Lipinski definition) is 7. The maximum absolute atomic E-state index is 12.6. The Morgan fingerprint density at radius 1 is 0.774 bits per heavy atom. The van der Waals surface area contributed by atoms with Crippen molar-refractivity contribution in [1.29, 1.82) is 0 Å². The van der Waals surface area contributed by atoms with E-state index in [-0.39, 0.29) is 30.3 Å². The van der Waals surface area contributed by atoms with Crippen LogP contribution in [0.5, 0.6) is 0 Å². The van der Waals surface area contributed by atoms with Gasteiger partial charge in [-0.25, -0.2) is 21.6 Å². The maximum Gasteiger partial charge on any atom is 0.214 e. The second-order valence-corrected chi connectivity index (χ2v) is 15.2. The average Bonchev–Trinajstić information content (AvgIpc) is 2.49. The van der Waals surface area contributed by atoms with Gasteiger partial charge in [-0.3, -0.25) is 0 Å². The molecule has 0 radical (unpaired) electrons. The molecule has 0 amide bonds. The average molecular weight is 488 g/mol. The van der Waals surface area contributed by atoms with Crippen LogP contribution in [0.1, 0.15) is 61.8 Å². The van der Waals surface area contributed by atoms with E-state index in [1.54, 1.807) is 21.0 Å². The standard InChI is InChI=1S/C21H45NO7S2/c1-18(2,14-28-15-19(3,4)16-30(10,23)24)13-22-31(25,26)17-21(7,8)29-12-11-20(5,6)27-9/h22H,11-17H2,1-10H3. The Kier molecular flexibility index (Phi) is 11.2. The fourth-order valence-corrected chi connectivity index (χ4v) is 6.15. The van der Waals surface area contributed by atoms with Crippen molar-refractivity contribution in [2.24, 2.45) is 10.8 Å². The fourth-order valence-electron chi connectivity index (χ4n) is 2.94. The van der Waals surface area contributed by atoms with E-state index in [2.05, 4.69) is 4.72 Å². The molecule has 1 N–H and O–H groups in total. The van der Waals surface area contributed by atoms with Crippen molar-refractivity contribution in [2.75, 3.05) is 51.2 Å². The van der Waals surface area contributed by atoms with Crippen molar-refractivity contribution in [3.05, 3.63) is 0 Å². The lowest BCUT2D eigenvalue weighted by Gasteiger charge is -2.30. The highest BCUT2D eigenvalue weighted by Crippen LogP contribution is 2.22. The summed E-state index contributed by atoms with van der Waals surface area (Å²) in [6.45, 7) is 16.0. The summed E-state index contributed by atoms with van der Waals surface area (Å²) in [6, 6.07) is 0. The molecule has 0 aromatic heterocycles. The molecule has 0 aliphatic heterocycles. The molecule has 0 aliphatic carbocycles. The van der Waals surface area contributed by atoms with Gasteiger partial charge < -0.3 is 14.2 Å². The van der Waals surface area contributed by atoms with Crippen LogP contribution in [0.2, 0.25) is 0 Å². The molecule has 0 rings (SSSR count). The van der Waals surface area contributed by atoms with Crippen molar-refractivity contribution in [2.45, 2.75) is 73.0 Å². The lowest BCUT2D eigenvalue weighted by Crippen LogP contribution is -2.44. The third kappa shape index (κ3) is 16.1. The van der Waals surface area contributed by atoms with Gasteiger partial charge in [-0.15, -0.1) is 0 Å². The number of sulfone groups is 1. The summed E-state index contributed by atoms with van der Waals surface area (Å²) in [4.78, 5) is 0. The van der Waals surface area contributed by atoms with Crippen LogP contribution in [0.3, 0.4) is 0 Å². The molecule has 0 heterocycles. The molecular weight excluding hydrogens is 442 g/mol. The van der Waals surface area contributed by atoms with Crippen LogP contribution >= 0.6 is 0 Å². The molecule has 188 valence electrons. The van der Waals surface area contributed by atoms with Crippen molar-refractivity contribution in [1.82, 2.24) is 4.72 Å². The third-order valence-electron chi connectivity index (χ3n) is 4.70. The van der Waals surface area contributed by atoms with Gasteiger partial charge in [-0.2, -0.15) is 0 Å². The van der Waals surface area contributed by atoms with Crippen molar-refractivity contribution in [3.63, 3.8) is 0 Å². The smallest absolute Gasteiger partial charge is 0.214 e. The first-order valence-corrected chi connectivity index (χ1v) is 14.2. The summed E-state index contributed by atoms with van der Waals surface area (Å²) in [5.41, 5.74) is -2.14. The van der Waals surface area contributed by atoms with Gasteiger partial charge in [0.15, 0.2) is 0 Å². The van der Waals surface area contributed by atoms with Gasteiger partial charge in [0.25, 0.3) is 0 Å². The summed E-state index contributed by atoms with van der Waals surface area (Å²) < 4.78 is 67.7. The predicted molar refractivity (Wildman–Crippen MR) is 126 cm³/mol. The minimum atomic E-state index is -3.56. The summed E-state index contributed by atoms with van der Waals surface area (Å²) in [6.07, 6.45) is 1.86. The first kappa shape index (κ1) is 30.7. The van der Waals surface area contributed by atoms with Crippen molar-refractivity contribution in [3.8, 4) is 0 Å². The molecule has 31 heavy (non-hydrogen) atoms. The quantitative estimate of drug-likeness (QED) is 0.356.